The second-order valence-electron chi connectivity index (χ2n) is 7.41. The summed E-state index contributed by atoms with van der Waals surface area (Å²) in [6, 6.07) is 20.6. The van der Waals surface area contributed by atoms with Gasteiger partial charge in [0.1, 0.15) is 5.75 Å². The zero-order valence-electron chi connectivity index (χ0n) is 16.6. The minimum atomic E-state index is 0.130. The van der Waals surface area contributed by atoms with Gasteiger partial charge in [0.2, 0.25) is 0 Å². The van der Waals surface area contributed by atoms with E-state index in [-0.39, 0.29) is 5.91 Å². The van der Waals surface area contributed by atoms with Crippen LogP contribution in [0.2, 0.25) is 0 Å². The van der Waals surface area contributed by atoms with Crippen LogP contribution in [0.4, 0.5) is 5.69 Å². The maximum atomic E-state index is 13.2. The molecule has 0 radical (unpaired) electrons. The molecule has 0 spiro atoms. The Morgan fingerprint density at radius 2 is 1.67 bits per heavy atom. The van der Waals surface area contributed by atoms with Crippen molar-refractivity contribution < 1.29 is 9.53 Å². The third-order valence-corrected chi connectivity index (χ3v) is 7.52. The average Bonchev–Trinajstić information content (AvgIpc) is 3.23. The second-order valence-corrected chi connectivity index (χ2v) is 9.32. The summed E-state index contributed by atoms with van der Waals surface area (Å²) in [6.07, 6.45) is 0. The Morgan fingerprint density at radius 1 is 0.967 bits per heavy atom. The highest BCUT2D eigenvalue weighted by atomic mass is 79.9. The fraction of sp³-hybridized carbons (Fsp3) is 0.208. The van der Waals surface area contributed by atoms with Crippen LogP contribution in [0.5, 0.6) is 5.75 Å². The molecule has 152 valence electrons. The van der Waals surface area contributed by atoms with Crippen molar-refractivity contribution in [1.82, 2.24) is 4.90 Å². The maximum absolute atomic E-state index is 13.2. The fourth-order valence-electron chi connectivity index (χ4n) is 4.05. The number of thiophene rings is 1. The average molecular weight is 481 g/mol. The highest BCUT2D eigenvalue weighted by molar-refractivity contribution is 9.10. The lowest BCUT2D eigenvalue weighted by atomic mass is 10.1. The van der Waals surface area contributed by atoms with Gasteiger partial charge in [-0.1, -0.05) is 40.2 Å². The molecule has 0 N–H and O–H groups in total. The monoisotopic (exact) mass is 480 g/mol. The normalized spacial score (nSPS) is 14.5. The van der Waals surface area contributed by atoms with Crippen molar-refractivity contribution in [1.29, 1.82) is 0 Å². The van der Waals surface area contributed by atoms with Gasteiger partial charge in [-0.25, -0.2) is 0 Å². The highest BCUT2D eigenvalue weighted by Gasteiger charge is 2.24. The molecule has 30 heavy (non-hydrogen) atoms. The van der Waals surface area contributed by atoms with Gasteiger partial charge in [-0.3, -0.25) is 4.79 Å². The number of rotatable bonds is 3. The molecule has 1 saturated heterocycles. The van der Waals surface area contributed by atoms with Gasteiger partial charge in [0.15, 0.2) is 0 Å². The quantitative estimate of drug-likeness (QED) is 0.372. The lowest BCUT2D eigenvalue weighted by Crippen LogP contribution is -2.48. The van der Waals surface area contributed by atoms with E-state index in [1.807, 2.05) is 35.2 Å². The molecular formula is C24H21BrN2O2S. The Labute approximate surface area is 187 Å². The Balaban J connectivity index is 1.35. The number of nitrogens with zero attached hydrogens (tertiary/aromatic N) is 2. The summed E-state index contributed by atoms with van der Waals surface area (Å²) >= 11 is 5.27. The summed E-state index contributed by atoms with van der Waals surface area (Å²) in [7, 11) is 1.68. The molecule has 3 aromatic carbocycles. The first-order chi connectivity index (χ1) is 14.6. The molecule has 1 amide bonds. The predicted octanol–water partition coefficient (Wildman–Crippen LogP) is 5.79. The number of anilines is 1. The van der Waals surface area contributed by atoms with Gasteiger partial charge in [0, 0.05) is 46.4 Å². The Morgan fingerprint density at radius 3 is 2.37 bits per heavy atom. The van der Waals surface area contributed by atoms with Crippen LogP contribution in [0, 0.1) is 0 Å². The summed E-state index contributed by atoms with van der Waals surface area (Å²) in [5, 5.41) is 3.49. The van der Waals surface area contributed by atoms with Crippen LogP contribution in [-0.4, -0.2) is 44.1 Å². The van der Waals surface area contributed by atoms with Gasteiger partial charge in [-0.2, -0.15) is 0 Å². The lowest BCUT2D eigenvalue weighted by molar-refractivity contribution is 0.0752. The predicted molar refractivity (Wildman–Crippen MR) is 128 cm³/mol. The van der Waals surface area contributed by atoms with Gasteiger partial charge in [-0.05, 0) is 47.2 Å². The van der Waals surface area contributed by atoms with Crippen LogP contribution >= 0.6 is 27.3 Å². The Bertz CT molecular complexity index is 1230. The lowest BCUT2D eigenvalue weighted by Gasteiger charge is -2.36. The standard InChI is InChI=1S/C24H21BrN2O2S/c1-29-18-8-6-17(7-9-18)26-10-12-27(13-11-26)24(28)22-15-16-14-21(25)19-4-2-3-5-20(19)23(16)30-22/h2-9,14-15H,10-13H2,1H3. The molecule has 1 fully saturated rings. The summed E-state index contributed by atoms with van der Waals surface area (Å²) in [5.74, 6) is 0.988. The largest absolute Gasteiger partial charge is 0.497 e. The zero-order valence-corrected chi connectivity index (χ0v) is 19.0. The van der Waals surface area contributed by atoms with Crippen LogP contribution in [0.1, 0.15) is 9.67 Å². The van der Waals surface area contributed by atoms with Crippen LogP contribution in [0.3, 0.4) is 0 Å². The molecule has 2 heterocycles. The van der Waals surface area contributed by atoms with Crippen molar-refractivity contribution in [2.75, 3.05) is 38.2 Å². The summed E-state index contributed by atoms with van der Waals surface area (Å²) in [6.45, 7) is 3.11. The summed E-state index contributed by atoms with van der Waals surface area (Å²) in [5.41, 5.74) is 1.17. The first-order valence-corrected chi connectivity index (χ1v) is 11.5. The number of methoxy groups -OCH3 is 1. The van der Waals surface area contributed by atoms with Gasteiger partial charge in [0.05, 0.1) is 12.0 Å². The van der Waals surface area contributed by atoms with E-state index in [1.54, 1.807) is 18.4 Å². The van der Waals surface area contributed by atoms with Crippen LogP contribution < -0.4 is 9.64 Å². The van der Waals surface area contributed by atoms with Crippen molar-refractivity contribution in [3.05, 3.63) is 70.0 Å². The van der Waals surface area contributed by atoms with Gasteiger partial charge in [-0.15, -0.1) is 11.3 Å². The molecule has 0 bridgehead atoms. The SMILES string of the molecule is COc1ccc(N2CCN(C(=O)c3cc4cc(Br)c5ccccc5c4s3)CC2)cc1. The van der Waals surface area contributed by atoms with Crippen molar-refractivity contribution in [3.8, 4) is 5.75 Å². The first kappa shape index (κ1) is 19.4. The van der Waals surface area contributed by atoms with Crippen LogP contribution in [-0.2, 0) is 0 Å². The maximum Gasteiger partial charge on any atom is 0.264 e. The molecule has 5 rings (SSSR count). The number of carbonyl (C=O) groups is 1. The van der Waals surface area contributed by atoms with Crippen LogP contribution in [0.25, 0.3) is 20.9 Å². The van der Waals surface area contributed by atoms with E-state index in [1.165, 1.54) is 21.2 Å². The number of ether oxygens (including phenoxy) is 1. The minimum absolute atomic E-state index is 0.130. The van der Waals surface area contributed by atoms with E-state index < -0.39 is 0 Å². The Kier molecular flexibility index (Phi) is 5.13. The second kappa shape index (κ2) is 7.93. The van der Waals surface area contributed by atoms with E-state index in [2.05, 4.69) is 51.2 Å². The fourth-order valence-corrected chi connectivity index (χ4v) is 5.79. The molecule has 4 aromatic rings. The zero-order chi connectivity index (χ0) is 20.7. The van der Waals surface area contributed by atoms with Crippen molar-refractivity contribution in [2.24, 2.45) is 0 Å². The van der Waals surface area contributed by atoms with E-state index in [0.717, 1.165) is 46.7 Å². The van der Waals surface area contributed by atoms with E-state index in [0.29, 0.717) is 0 Å². The number of carbonyl (C=O) groups excluding carboxylic acids is 1. The number of piperazine rings is 1. The van der Waals surface area contributed by atoms with Gasteiger partial charge >= 0.3 is 0 Å². The smallest absolute Gasteiger partial charge is 0.264 e. The number of hydrogen-bond donors (Lipinski definition) is 0. The number of hydrogen-bond acceptors (Lipinski definition) is 4. The first-order valence-electron chi connectivity index (χ1n) is 9.93. The van der Waals surface area contributed by atoms with Crippen molar-refractivity contribution in [2.45, 2.75) is 0 Å². The van der Waals surface area contributed by atoms with E-state index >= 15 is 0 Å². The van der Waals surface area contributed by atoms with Gasteiger partial charge in [0.25, 0.3) is 5.91 Å². The number of amides is 1. The van der Waals surface area contributed by atoms with E-state index in [9.17, 15) is 4.79 Å². The molecule has 4 nitrogen and oxygen atoms in total. The van der Waals surface area contributed by atoms with Crippen molar-refractivity contribution >= 4 is 59.7 Å². The van der Waals surface area contributed by atoms with E-state index in [4.69, 9.17) is 4.74 Å². The molecule has 6 heteroatoms. The third-order valence-electron chi connectivity index (χ3n) is 5.69. The summed E-state index contributed by atoms with van der Waals surface area (Å²) in [4.78, 5) is 18.3. The minimum Gasteiger partial charge on any atom is -0.497 e. The molecule has 1 aromatic heterocycles. The molecule has 0 saturated carbocycles. The molecule has 0 unspecified atom stereocenters. The number of fused-ring (bicyclic) bond motifs is 3. The topological polar surface area (TPSA) is 32.8 Å². The molecule has 1 aliphatic rings. The molecule has 0 atom stereocenters. The number of benzene rings is 3. The summed E-state index contributed by atoms with van der Waals surface area (Å²) < 4.78 is 7.48. The number of halogens is 1. The Hall–Kier alpha value is -2.57. The van der Waals surface area contributed by atoms with Crippen molar-refractivity contribution in [3.63, 3.8) is 0 Å². The molecule has 0 aliphatic carbocycles. The third kappa shape index (κ3) is 3.44. The van der Waals surface area contributed by atoms with Gasteiger partial charge < -0.3 is 14.5 Å². The molecular weight excluding hydrogens is 460 g/mol. The highest BCUT2D eigenvalue weighted by Crippen LogP contribution is 2.37. The van der Waals surface area contributed by atoms with Crippen LogP contribution in [0.15, 0.2) is 65.1 Å². The molecule has 1 aliphatic heterocycles.